The predicted octanol–water partition coefficient (Wildman–Crippen LogP) is 3.77. The number of rotatable bonds is 8. The number of halogens is 1. The zero-order valence-corrected chi connectivity index (χ0v) is 20.7. The van der Waals surface area contributed by atoms with Gasteiger partial charge in [-0.1, -0.05) is 24.3 Å². The SMILES string of the molecule is CN=C(NCc1ccc(Cn2ccnc2)cc1)N(C)Cc1ccc(OC)cc1OC.I. The second-order valence-electron chi connectivity index (χ2n) is 6.99. The quantitative estimate of drug-likeness (QED) is 0.270. The van der Waals surface area contributed by atoms with Gasteiger partial charge in [0.05, 0.1) is 20.5 Å². The topological polar surface area (TPSA) is 63.9 Å². The highest BCUT2D eigenvalue weighted by Crippen LogP contribution is 2.25. The number of aromatic nitrogens is 2. The molecule has 3 rings (SSSR count). The van der Waals surface area contributed by atoms with Gasteiger partial charge < -0.3 is 24.3 Å². The van der Waals surface area contributed by atoms with Crippen molar-refractivity contribution < 1.29 is 9.47 Å². The van der Waals surface area contributed by atoms with Crippen molar-refractivity contribution in [3.63, 3.8) is 0 Å². The lowest BCUT2D eigenvalue weighted by Crippen LogP contribution is -2.38. The third-order valence-corrected chi connectivity index (χ3v) is 4.87. The van der Waals surface area contributed by atoms with Gasteiger partial charge in [-0.15, -0.1) is 24.0 Å². The minimum absolute atomic E-state index is 0. The molecule has 0 aliphatic heterocycles. The molecule has 0 saturated heterocycles. The molecule has 0 aliphatic carbocycles. The summed E-state index contributed by atoms with van der Waals surface area (Å²) in [7, 11) is 7.12. The Labute approximate surface area is 201 Å². The zero-order chi connectivity index (χ0) is 21.3. The molecular weight excluding hydrogens is 505 g/mol. The van der Waals surface area contributed by atoms with E-state index in [2.05, 4.69) is 49.0 Å². The highest BCUT2D eigenvalue weighted by atomic mass is 127. The Balaban J connectivity index is 0.00000341. The van der Waals surface area contributed by atoms with Gasteiger partial charge in [0.25, 0.3) is 0 Å². The molecular formula is C23H30IN5O2. The van der Waals surface area contributed by atoms with Gasteiger partial charge in [-0.05, 0) is 23.3 Å². The molecule has 8 heteroatoms. The van der Waals surface area contributed by atoms with Crippen LogP contribution in [0.3, 0.4) is 0 Å². The number of hydrogen-bond acceptors (Lipinski definition) is 4. The van der Waals surface area contributed by atoms with E-state index in [1.807, 2.05) is 37.8 Å². The summed E-state index contributed by atoms with van der Waals surface area (Å²) in [5.74, 6) is 2.39. The molecule has 0 atom stereocenters. The van der Waals surface area contributed by atoms with Crippen LogP contribution in [0.2, 0.25) is 0 Å². The number of nitrogens with zero attached hydrogens (tertiary/aromatic N) is 4. The Morgan fingerprint density at radius 2 is 1.84 bits per heavy atom. The lowest BCUT2D eigenvalue weighted by molar-refractivity contribution is 0.382. The van der Waals surface area contributed by atoms with Gasteiger partial charge in [0.2, 0.25) is 0 Å². The first-order chi connectivity index (χ1) is 14.6. The van der Waals surface area contributed by atoms with Gasteiger partial charge in [-0.25, -0.2) is 4.98 Å². The molecule has 0 bridgehead atoms. The van der Waals surface area contributed by atoms with E-state index >= 15 is 0 Å². The summed E-state index contributed by atoms with van der Waals surface area (Å²) < 4.78 is 12.8. The van der Waals surface area contributed by atoms with Crippen LogP contribution in [0.4, 0.5) is 0 Å². The number of ether oxygens (including phenoxy) is 2. The molecule has 3 aromatic rings. The number of nitrogens with one attached hydrogen (secondary N) is 1. The van der Waals surface area contributed by atoms with Gasteiger partial charge in [0, 0.05) is 57.8 Å². The number of aliphatic imine (C=N–C) groups is 1. The summed E-state index contributed by atoms with van der Waals surface area (Å²) in [4.78, 5) is 10.6. The molecule has 2 aromatic carbocycles. The first-order valence-electron chi connectivity index (χ1n) is 9.79. The van der Waals surface area contributed by atoms with Crippen molar-refractivity contribution in [2.24, 2.45) is 4.99 Å². The lowest BCUT2D eigenvalue weighted by Gasteiger charge is -2.23. The fraction of sp³-hybridized carbons (Fsp3) is 0.304. The van der Waals surface area contributed by atoms with E-state index < -0.39 is 0 Å². The Bertz CT molecular complexity index is 959. The van der Waals surface area contributed by atoms with Crippen LogP contribution in [-0.2, 0) is 19.6 Å². The minimum Gasteiger partial charge on any atom is -0.497 e. The van der Waals surface area contributed by atoms with E-state index in [1.54, 1.807) is 27.5 Å². The van der Waals surface area contributed by atoms with E-state index in [-0.39, 0.29) is 24.0 Å². The average molecular weight is 535 g/mol. The highest BCUT2D eigenvalue weighted by molar-refractivity contribution is 14.0. The summed E-state index contributed by atoms with van der Waals surface area (Å²) in [6, 6.07) is 14.4. The normalized spacial score (nSPS) is 10.9. The summed E-state index contributed by atoms with van der Waals surface area (Å²) in [5.41, 5.74) is 3.50. The van der Waals surface area contributed by atoms with E-state index in [1.165, 1.54) is 11.1 Å². The molecule has 7 nitrogen and oxygen atoms in total. The Kier molecular flexibility index (Phi) is 9.64. The molecule has 0 fully saturated rings. The monoisotopic (exact) mass is 535 g/mol. The van der Waals surface area contributed by atoms with Gasteiger partial charge in [-0.2, -0.15) is 0 Å². The molecule has 0 amide bonds. The molecule has 31 heavy (non-hydrogen) atoms. The lowest BCUT2D eigenvalue weighted by atomic mass is 10.1. The van der Waals surface area contributed by atoms with Crippen LogP contribution in [0.5, 0.6) is 11.5 Å². The van der Waals surface area contributed by atoms with Crippen LogP contribution >= 0.6 is 24.0 Å². The molecule has 1 aromatic heterocycles. The van der Waals surface area contributed by atoms with Gasteiger partial charge in [0.15, 0.2) is 5.96 Å². The second-order valence-corrected chi connectivity index (χ2v) is 6.99. The number of methoxy groups -OCH3 is 2. The van der Waals surface area contributed by atoms with Crippen molar-refractivity contribution in [3.8, 4) is 11.5 Å². The fourth-order valence-electron chi connectivity index (χ4n) is 3.23. The van der Waals surface area contributed by atoms with Crippen LogP contribution in [-0.4, -0.2) is 48.7 Å². The van der Waals surface area contributed by atoms with E-state index in [4.69, 9.17) is 9.47 Å². The number of hydrogen-bond donors (Lipinski definition) is 1. The molecule has 0 unspecified atom stereocenters. The molecule has 0 spiro atoms. The second kappa shape index (κ2) is 12.2. The van der Waals surface area contributed by atoms with Crippen molar-refractivity contribution in [1.29, 1.82) is 0 Å². The smallest absolute Gasteiger partial charge is 0.193 e. The van der Waals surface area contributed by atoms with E-state index in [0.717, 1.165) is 29.6 Å². The Morgan fingerprint density at radius 1 is 1.10 bits per heavy atom. The van der Waals surface area contributed by atoms with Gasteiger partial charge in [-0.3, -0.25) is 4.99 Å². The van der Waals surface area contributed by atoms with Crippen molar-refractivity contribution in [3.05, 3.63) is 77.9 Å². The molecule has 0 saturated carbocycles. The van der Waals surface area contributed by atoms with E-state index in [9.17, 15) is 0 Å². The van der Waals surface area contributed by atoms with Gasteiger partial charge >= 0.3 is 0 Å². The predicted molar refractivity (Wildman–Crippen MR) is 134 cm³/mol. The van der Waals surface area contributed by atoms with Crippen LogP contribution in [0.15, 0.2) is 66.2 Å². The highest BCUT2D eigenvalue weighted by Gasteiger charge is 2.11. The van der Waals surface area contributed by atoms with Gasteiger partial charge in [0.1, 0.15) is 11.5 Å². The van der Waals surface area contributed by atoms with Crippen molar-refractivity contribution in [2.75, 3.05) is 28.3 Å². The molecule has 0 aliphatic rings. The molecule has 1 heterocycles. The maximum absolute atomic E-state index is 5.51. The summed E-state index contributed by atoms with van der Waals surface area (Å²) in [6.07, 6.45) is 5.59. The molecule has 0 radical (unpaired) electrons. The summed E-state index contributed by atoms with van der Waals surface area (Å²) in [5, 5.41) is 3.43. The zero-order valence-electron chi connectivity index (χ0n) is 18.4. The first-order valence-corrected chi connectivity index (χ1v) is 9.79. The minimum atomic E-state index is 0. The van der Waals surface area contributed by atoms with Crippen molar-refractivity contribution in [1.82, 2.24) is 19.8 Å². The Hall–Kier alpha value is -2.75. The summed E-state index contributed by atoms with van der Waals surface area (Å²) in [6.45, 7) is 2.18. The van der Waals surface area contributed by atoms with Crippen LogP contribution < -0.4 is 14.8 Å². The number of guanidine groups is 1. The standard InChI is InChI=1S/C23H29N5O2.HI/c1-24-23(27(2)16-20-9-10-21(29-3)13-22(20)30-4)26-14-18-5-7-19(8-6-18)15-28-12-11-25-17-28;/h5-13,17H,14-16H2,1-4H3,(H,24,26);1H. The summed E-state index contributed by atoms with van der Waals surface area (Å²) >= 11 is 0. The van der Waals surface area contributed by atoms with Crippen LogP contribution in [0.25, 0.3) is 0 Å². The van der Waals surface area contributed by atoms with Crippen LogP contribution in [0, 0.1) is 0 Å². The maximum atomic E-state index is 5.51. The third kappa shape index (κ3) is 6.88. The molecule has 1 N–H and O–H groups in total. The Morgan fingerprint density at radius 3 is 2.45 bits per heavy atom. The number of benzene rings is 2. The maximum Gasteiger partial charge on any atom is 0.193 e. The molecule has 166 valence electrons. The first kappa shape index (κ1) is 24.5. The van der Waals surface area contributed by atoms with Crippen molar-refractivity contribution >= 4 is 29.9 Å². The van der Waals surface area contributed by atoms with E-state index in [0.29, 0.717) is 13.1 Å². The number of imidazole rings is 1. The van der Waals surface area contributed by atoms with Crippen LogP contribution in [0.1, 0.15) is 16.7 Å². The average Bonchev–Trinajstić information content (AvgIpc) is 3.28. The fourth-order valence-corrected chi connectivity index (χ4v) is 3.23. The largest absolute Gasteiger partial charge is 0.497 e. The third-order valence-electron chi connectivity index (χ3n) is 4.87. The van der Waals surface area contributed by atoms with Crippen molar-refractivity contribution in [2.45, 2.75) is 19.6 Å².